The van der Waals surface area contributed by atoms with Gasteiger partial charge in [-0.05, 0) is 19.4 Å². The summed E-state index contributed by atoms with van der Waals surface area (Å²) < 4.78 is 0. The standard InChI is InChI=1S/C13H20N4OS/c1-5-10-9(6-8(2)16-17-10)11(18)15-7-13(3,4)12(14)19/h6H,5,7H2,1-4H3,(H2,14,19)(H,15,18). The van der Waals surface area contributed by atoms with E-state index in [0.717, 1.165) is 5.69 Å². The van der Waals surface area contributed by atoms with Gasteiger partial charge in [0.1, 0.15) is 0 Å². The van der Waals surface area contributed by atoms with E-state index in [1.54, 1.807) is 6.07 Å². The molecule has 0 aliphatic carbocycles. The number of aryl methyl sites for hydroxylation is 2. The maximum Gasteiger partial charge on any atom is 0.253 e. The number of aromatic nitrogens is 2. The summed E-state index contributed by atoms with van der Waals surface area (Å²) in [6.07, 6.45) is 0.661. The number of thiocarbonyl (C=S) groups is 1. The fourth-order valence-corrected chi connectivity index (χ4v) is 1.53. The van der Waals surface area contributed by atoms with E-state index in [2.05, 4.69) is 15.5 Å². The third-order valence-electron chi connectivity index (χ3n) is 2.93. The third kappa shape index (κ3) is 3.96. The summed E-state index contributed by atoms with van der Waals surface area (Å²) in [6.45, 7) is 7.93. The molecule has 6 heteroatoms. The third-order valence-corrected chi connectivity index (χ3v) is 3.48. The number of hydrogen-bond donors (Lipinski definition) is 2. The fourth-order valence-electron chi connectivity index (χ4n) is 1.46. The predicted octanol–water partition coefficient (Wildman–Crippen LogP) is 1.39. The van der Waals surface area contributed by atoms with Crippen molar-refractivity contribution in [3.8, 4) is 0 Å². The molecule has 1 heterocycles. The minimum atomic E-state index is -0.410. The van der Waals surface area contributed by atoms with Gasteiger partial charge >= 0.3 is 0 Å². The molecule has 19 heavy (non-hydrogen) atoms. The Morgan fingerprint density at radius 2 is 2.11 bits per heavy atom. The van der Waals surface area contributed by atoms with Gasteiger partial charge in [-0.25, -0.2) is 0 Å². The van der Waals surface area contributed by atoms with Crippen molar-refractivity contribution in [3.63, 3.8) is 0 Å². The van der Waals surface area contributed by atoms with Crippen molar-refractivity contribution in [3.05, 3.63) is 23.0 Å². The number of amides is 1. The van der Waals surface area contributed by atoms with E-state index < -0.39 is 5.41 Å². The first-order valence-electron chi connectivity index (χ1n) is 6.19. The average molecular weight is 280 g/mol. The summed E-state index contributed by atoms with van der Waals surface area (Å²) >= 11 is 4.97. The van der Waals surface area contributed by atoms with E-state index in [1.807, 2.05) is 27.7 Å². The van der Waals surface area contributed by atoms with Gasteiger partial charge in [-0.1, -0.05) is 33.0 Å². The zero-order valence-corrected chi connectivity index (χ0v) is 12.6. The normalized spacial score (nSPS) is 11.2. The summed E-state index contributed by atoms with van der Waals surface area (Å²) in [4.78, 5) is 12.6. The van der Waals surface area contributed by atoms with Crippen LogP contribution in [0, 0.1) is 12.3 Å². The Hall–Kier alpha value is -1.56. The van der Waals surface area contributed by atoms with Gasteiger partial charge in [-0.15, -0.1) is 0 Å². The van der Waals surface area contributed by atoms with Crippen LogP contribution < -0.4 is 11.1 Å². The molecule has 0 atom stereocenters. The van der Waals surface area contributed by atoms with Crippen LogP contribution in [0.5, 0.6) is 0 Å². The Balaban J connectivity index is 2.84. The quantitative estimate of drug-likeness (QED) is 0.797. The second-order valence-electron chi connectivity index (χ2n) is 5.13. The van der Waals surface area contributed by atoms with E-state index in [4.69, 9.17) is 18.0 Å². The lowest BCUT2D eigenvalue weighted by Crippen LogP contribution is -2.41. The Labute approximate surface area is 119 Å². The highest BCUT2D eigenvalue weighted by Crippen LogP contribution is 2.14. The van der Waals surface area contributed by atoms with Gasteiger partial charge in [0, 0.05) is 12.0 Å². The molecule has 0 unspecified atom stereocenters. The Kier molecular flexibility index (Phi) is 4.94. The van der Waals surface area contributed by atoms with Gasteiger partial charge in [0.25, 0.3) is 5.91 Å². The van der Waals surface area contributed by atoms with Crippen molar-refractivity contribution in [1.82, 2.24) is 15.5 Å². The number of nitrogens with zero attached hydrogens (tertiary/aromatic N) is 2. The average Bonchev–Trinajstić information content (AvgIpc) is 2.35. The van der Waals surface area contributed by atoms with Crippen LogP contribution in [0.2, 0.25) is 0 Å². The van der Waals surface area contributed by atoms with Crippen LogP contribution in [0.1, 0.15) is 42.5 Å². The number of rotatable bonds is 5. The first-order chi connectivity index (χ1) is 8.77. The SMILES string of the molecule is CCc1nnc(C)cc1C(=O)NCC(C)(C)C(N)=S. The van der Waals surface area contributed by atoms with Crippen molar-refractivity contribution in [1.29, 1.82) is 0 Å². The predicted molar refractivity (Wildman–Crippen MR) is 79.0 cm³/mol. The number of carbonyl (C=O) groups excluding carboxylic acids is 1. The minimum Gasteiger partial charge on any atom is -0.393 e. The van der Waals surface area contributed by atoms with Crippen LogP contribution >= 0.6 is 12.2 Å². The molecule has 104 valence electrons. The minimum absolute atomic E-state index is 0.167. The van der Waals surface area contributed by atoms with Gasteiger partial charge in [0.2, 0.25) is 0 Å². The summed E-state index contributed by atoms with van der Waals surface area (Å²) in [5.74, 6) is -0.167. The molecule has 1 rings (SSSR count). The number of nitrogens with one attached hydrogen (secondary N) is 1. The van der Waals surface area contributed by atoms with Crippen molar-refractivity contribution in [2.45, 2.75) is 34.1 Å². The van der Waals surface area contributed by atoms with E-state index in [9.17, 15) is 4.79 Å². The molecule has 0 saturated carbocycles. The summed E-state index contributed by atoms with van der Waals surface area (Å²) in [5, 5.41) is 10.8. The molecule has 3 N–H and O–H groups in total. The van der Waals surface area contributed by atoms with E-state index in [-0.39, 0.29) is 5.91 Å². The molecule has 1 amide bonds. The Morgan fingerprint density at radius 3 is 2.63 bits per heavy atom. The summed E-state index contributed by atoms with van der Waals surface area (Å²) in [7, 11) is 0. The molecule has 0 fully saturated rings. The van der Waals surface area contributed by atoms with E-state index in [1.165, 1.54) is 0 Å². The molecule has 0 bridgehead atoms. The largest absolute Gasteiger partial charge is 0.393 e. The second kappa shape index (κ2) is 6.06. The number of carbonyl (C=O) groups is 1. The molecule has 5 nitrogen and oxygen atoms in total. The molecule has 1 aromatic rings. The van der Waals surface area contributed by atoms with Gasteiger partial charge in [-0.2, -0.15) is 10.2 Å². The highest BCUT2D eigenvalue weighted by Gasteiger charge is 2.23. The summed E-state index contributed by atoms with van der Waals surface area (Å²) in [6, 6.07) is 1.74. The Morgan fingerprint density at radius 1 is 1.47 bits per heavy atom. The fraction of sp³-hybridized carbons (Fsp3) is 0.538. The number of hydrogen-bond acceptors (Lipinski definition) is 4. The molecule has 0 aliphatic rings. The molecule has 0 aromatic carbocycles. The van der Waals surface area contributed by atoms with Crippen LogP contribution in [-0.2, 0) is 6.42 Å². The lowest BCUT2D eigenvalue weighted by Gasteiger charge is -2.23. The monoisotopic (exact) mass is 280 g/mol. The first kappa shape index (κ1) is 15.5. The number of nitrogens with two attached hydrogens (primary N) is 1. The van der Waals surface area contributed by atoms with Crippen molar-refractivity contribution in [2.24, 2.45) is 11.1 Å². The molecular weight excluding hydrogens is 260 g/mol. The molecule has 0 aliphatic heterocycles. The lowest BCUT2D eigenvalue weighted by atomic mass is 9.93. The zero-order chi connectivity index (χ0) is 14.6. The maximum atomic E-state index is 12.2. The zero-order valence-electron chi connectivity index (χ0n) is 11.8. The van der Waals surface area contributed by atoms with Crippen LogP contribution in [0.25, 0.3) is 0 Å². The van der Waals surface area contributed by atoms with E-state index >= 15 is 0 Å². The van der Waals surface area contributed by atoms with Crippen LogP contribution in [0.15, 0.2) is 6.07 Å². The molecule has 0 spiro atoms. The van der Waals surface area contributed by atoms with E-state index in [0.29, 0.717) is 29.2 Å². The second-order valence-corrected chi connectivity index (χ2v) is 5.57. The van der Waals surface area contributed by atoms with Gasteiger partial charge in [-0.3, -0.25) is 4.79 Å². The van der Waals surface area contributed by atoms with Gasteiger partial charge in [0.05, 0.1) is 21.9 Å². The van der Waals surface area contributed by atoms with Crippen LogP contribution in [0.3, 0.4) is 0 Å². The van der Waals surface area contributed by atoms with Crippen LogP contribution in [-0.4, -0.2) is 27.6 Å². The molecule has 0 saturated heterocycles. The first-order valence-corrected chi connectivity index (χ1v) is 6.60. The lowest BCUT2D eigenvalue weighted by molar-refractivity contribution is 0.0943. The molecular formula is C13H20N4OS. The molecule has 1 aromatic heterocycles. The highest BCUT2D eigenvalue weighted by atomic mass is 32.1. The highest BCUT2D eigenvalue weighted by molar-refractivity contribution is 7.80. The Bertz CT molecular complexity index is 499. The van der Waals surface area contributed by atoms with Gasteiger partial charge in [0.15, 0.2) is 0 Å². The maximum absolute atomic E-state index is 12.2. The van der Waals surface area contributed by atoms with Crippen LogP contribution in [0.4, 0.5) is 0 Å². The molecule has 0 radical (unpaired) electrons. The van der Waals surface area contributed by atoms with Crippen molar-refractivity contribution < 1.29 is 4.79 Å². The van der Waals surface area contributed by atoms with Gasteiger partial charge < -0.3 is 11.1 Å². The van der Waals surface area contributed by atoms with Crippen molar-refractivity contribution >= 4 is 23.1 Å². The smallest absolute Gasteiger partial charge is 0.253 e. The summed E-state index contributed by atoms with van der Waals surface area (Å²) in [5.41, 5.74) is 7.20. The topological polar surface area (TPSA) is 80.9 Å². The van der Waals surface area contributed by atoms with Crippen molar-refractivity contribution in [2.75, 3.05) is 6.54 Å².